The zero-order valence-electron chi connectivity index (χ0n) is 11.3. The topological polar surface area (TPSA) is 29.9 Å². The maximum Gasteiger partial charge on any atom is 0.0762 e. The van der Waals surface area contributed by atoms with E-state index in [1.165, 1.54) is 19.3 Å². The van der Waals surface area contributed by atoms with E-state index in [-0.39, 0.29) is 0 Å². The first kappa shape index (κ1) is 11.2. The zero-order valence-corrected chi connectivity index (χ0v) is 11.3. The fourth-order valence-corrected chi connectivity index (χ4v) is 3.65. The van der Waals surface area contributed by atoms with E-state index in [0.717, 1.165) is 12.2 Å². The maximum atomic E-state index is 4.42. The van der Waals surface area contributed by atoms with E-state index in [1.54, 1.807) is 11.1 Å². The van der Waals surface area contributed by atoms with Gasteiger partial charge in [-0.05, 0) is 36.5 Å². The molecule has 2 aliphatic rings. The van der Waals surface area contributed by atoms with E-state index in [0.29, 0.717) is 11.5 Å². The molecule has 3 heteroatoms. The Labute approximate surface area is 113 Å². The maximum absolute atomic E-state index is 4.42. The molecule has 2 aromatic rings. The molecule has 1 saturated carbocycles. The normalized spacial score (nSPS) is 27.7. The van der Waals surface area contributed by atoms with Crippen LogP contribution in [0.4, 0.5) is 0 Å². The molecule has 0 bridgehead atoms. The highest BCUT2D eigenvalue weighted by Crippen LogP contribution is 2.56. The Balaban J connectivity index is 1.47. The second kappa shape index (κ2) is 3.94. The molecule has 0 aliphatic heterocycles. The minimum absolute atomic E-state index is 0.436. The molecule has 1 spiro atoms. The highest BCUT2D eigenvalue weighted by Gasteiger charge is 2.57. The van der Waals surface area contributed by atoms with Gasteiger partial charge in [-0.1, -0.05) is 24.3 Å². The number of hydrogen-bond acceptors (Lipinski definition) is 2. The number of benzene rings is 1. The van der Waals surface area contributed by atoms with Gasteiger partial charge in [0.1, 0.15) is 0 Å². The lowest BCUT2D eigenvalue weighted by atomic mass is 9.97. The van der Waals surface area contributed by atoms with Gasteiger partial charge < -0.3 is 5.32 Å². The zero-order chi connectivity index (χ0) is 12.9. The van der Waals surface area contributed by atoms with Gasteiger partial charge in [0.25, 0.3) is 0 Å². The summed E-state index contributed by atoms with van der Waals surface area (Å²) in [6, 6.07) is 11.7. The largest absolute Gasteiger partial charge is 0.307 e. The summed E-state index contributed by atoms with van der Waals surface area (Å²) in [7, 11) is 1.97. The number of nitrogens with one attached hydrogen (secondary N) is 1. The number of fused-ring (bicyclic) bond motifs is 2. The molecule has 19 heavy (non-hydrogen) atoms. The molecule has 0 radical (unpaired) electrons. The van der Waals surface area contributed by atoms with Crippen molar-refractivity contribution < 1.29 is 0 Å². The van der Waals surface area contributed by atoms with Crippen LogP contribution in [0.2, 0.25) is 0 Å². The van der Waals surface area contributed by atoms with E-state index in [1.807, 2.05) is 17.9 Å². The number of hydrogen-bond donors (Lipinski definition) is 1. The standard InChI is InChI=1S/C16H19N3/c1-19-9-7-13(18-19)11-17-15-10-16(15)8-6-12-4-2-3-5-14(12)16/h2-5,7,9,15,17H,6,8,10-11H2,1H3. The molecular formula is C16H19N3. The van der Waals surface area contributed by atoms with E-state index in [2.05, 4.69) is 40.7 Å². The van der Waals surface area contributed by atoms with Crippen LogP contribution in [-0.4, -0.2) is 15.8 Å². The number of aryl methyl sites for hydroxylation is 2. The van der Waals surface area contributed by atoms with Gasteiger partial charge >= 0.3 is 0 Å². The fourth-order valence-electron chi connectivity index (χ4n) is 3.65. The summed E-state index contributed by atoms with van der Waals surface area (Å²) in [5, 5.41) is 8.11. The summed E-state index contributed by atoms with van der Waals surface area (Å²) in [6.07, 6.45) is 5.85. The Hall–Kier alpha value is -1.61. The van der Waals surface area contributed by atoms with Crippen molar-refractivity contribution in [2.45, 2.75) is 37.3 Å². The van der Waals surface area contributed by atoms with Gasteiger partial charge in [-0.3, -0.25) is 4.68 Å². The molecule has 1 N–H and O–H groups in total. The van der Waals surface area contributed by atoms with Gasteiger partial charge in [0.15, 0.2) is 0 Å². The number of nitrogens with zero attached hydrogens (tertiary/aromatic N) is 2. The second-order valence-electron chi connectivity index (χ2n) is 5.93. The monoisotopic (exact) mass is 253 g/mol. The van der Waals surface area contributed by atoms with Crippen molar-refractivity contribution in [3.8, 4) is 0 Å². The Bertz CT molecular complexity index is 616. The Morgan fingerprint density at radius 1 is 1.37 bits per heavy atom. The minimum Gasteiger partial charge on any atom is -0.307 e. The van der Waals surface area contributed by atoms with Crippen LogP contribution >= 0.6 is 0 Å². The van der Waals surface area contributed by atoms with Crippen LogP contribution in [-0.2, 0) is 25.4 Å². The van der Waals surface area contributed by atoms with Crippen LogP contribution in [0.1, 0.15) is 29.7 Å². The van der Waals surface area contributed by atoms with Crippen molar-refractivity contribution in [1.82, 2.24) is 15.1 Å². The van der Waals surface area contributed by atoms with Crippen molar-refractivity contribution in [3.63, 3.8) is 0 Å². The third kappa shape index (κ3) is 1.72. The van der Waals surface area contributed by atoms with Crippen LogP contribution in [0.25, 0.3) is 0 Å². The molecule has 1 fully saturated rings. The van der Waals surface area contributed by atoms with Crippen LogP contribution < -0.4 is 5.32 Å². The van der Waals surface area contributed by atoms with E-state index >= 15 is 0 Å². The molecule has 1 aromatic heterocycles. The second-order valence-corrected chi connectivity index (χ2v) is 5.93. The molecule has 2 atom stereocenters. The van der Waals surface area contributed by atoms with E-state index in [9.17, 15) is 0 Å². The molecule has 98 valence electrons. The highest BCUT2D eigenvalue weighted by molar-refractivity contribution is 5.46. The Morgan fingerprint density at radius 3 is 3.11 bits per heavy atom. The molecule has 4 rings (SSSR count). The predicted molar refractivity (Wildman–Crippen MR) is 74.9 cm³/mol. The number of rotatable bonds is 3. The minimum atomic E-state index is 0.436. The lowest BCUT2D eigenvalue weighted by molar-refractivity contribution is 0.563. The van der Waals surface area contributed by atoms with Crippen LogP contribution in [0.5, 0.6) is 0 Å². The smallest absolute Gasteiger partial charge is 0.0762 e. The van der Waals surface area contributed by atoms with Crippen molar-refractivity contribution in [3.05, 3.63) is 53.3 Å². The first-order chi connectivity index (χ1) is 9.28. The van der Waals surface area contributed by atoms with Crippen LogP contribution in [0.3, 0.4) is 0 Å². The molecular weight excluding hydrogens is 234 g/mol. The summed E-state index contributed by atoms with van der Waals surface area (Å²) in [5.41, 5.74) is 4.72. The summed E-state index contributed by atoms with van der Waals surface area (Å²) in [4.78, 5) is 0. The Kier molecular flexibility index (Phi) is 2.33. The summed E-state index contributed by atoms with van der Waals surface area (Å²) >= 11 is 0. The van der Waals surface area contributed by atoms with E-state index < -0.39 is 0 Å². The third-order valence-corrected chi connectivity index (χ3v) is 4.77. The lowest BCUT2D eigenvalue weighted by Crippen LogP contribution is -2.24. The highest BCUT2D eigenvalue weighted by atomic mass is 15.3. The van der Waals surface area contributed by atoms with Crippen molar-refractivity contribution in [1.29, 1.82) is 0 Å². The van der Waals surface area contributed by atoms with Crippen molar-refractivity contribution in [2.75, 3.05) is 0 Å². The lowest BCUT2D eigenvalue weighted by Gasteiger charge is -2.11. The molecule has 0 amide bonds. The summed E-state index contributed by atoms with van der Waals surface area (Å²) < 4.78 is 1.87. The van der Waals surface area contributed by atoms with E-state index in [4.69, 9.17) is 0 Å². The molecule has 0 saturated heterocycles. The average molecular weight is 253 g/mol. The quantitative estimate of drug-likeness (QED) is 0.908. The summed E-state index contributed by atoms with van der Waals surface area (Å²) in [6.45, 7) is 0.884. The van der Waals surface area contributed by atoms with Gasteiger partial charge in [0.05, 0.1) is 5.69 Å². The van der Waals surface area contributed by atoms with Crippen molar-refractivity contribution >= 4 is 0 Å². The van der Waals surface area contributed by atoms with Gasteiger partial charge in [0.2, 0.25) is 0 Å². The summed E-state index contributed by atoms with van der Waals surface area (Å²) in [5.74, 6) is 0. The number of aromatic nitrogens is 2. The van der Waals surface area contributed by atoms with Gasteiger partial charge in [-0.15, -0.1) is 0 Å². The van der Waals surface area contributed by atoms with Gasteiger partial charge in [-0.2, -0.15) is 5.10 Å². The fraction of sp³-hybridized carbons (Fsp3) is 0.438. The molecule has 1 heterocycles. The predicted octanol–water partition coefficient (Wildman–Crippen LogP) is 2.17. The SMILES string of the molecule is Cn1ccc(CNC2CC23CCc2ccccc23)n1. The average Bonchev–Trinajstić information content (AvgIpc) is 2.75. The van der Waals surface area contributed by atoms with Crippen LogP contribution in [0.15, 0.2) is 36.5 Å². The first-order valence-electron chi connectivity index (χ1n) is 7.08. The molecule has 1 aromatic carbocycles. The van der Waals surface area contributed by atoms with Gasteiger partial charge in [-0.25, -0.2) is 0 Å². The third-order valence-electron chi connectivity index (χ3n) is 4.77. The molecule has 2 aliphatic carbocycles. The van der Waals surface area contributed by atoms with Crippen molar-refractivity contribution in [2.24, 2.45) is 7.05 Å². The van der Waals surface area contributed by atoms with Crippen LogP contribution in [0, 0.1) is 0 Å². The Morgan fingerprint density at radius 2 is 2.26 bits per heavy atom. The molecule has 3 nitrogen and oxygen atoms in total. The first-order valence-corrected chi connectivity index (χ1v) is 7.08. The molecule has 2 unspecified atom stereocenters. The van der Waals surface area contributed by atoms with Gasteiger partial charge in [0, 0.05) is 31.2 Å².